The Morgan fingerprint density at radius 3 is 2.44 bits per heavy atom. The summed E-state index contributed by atoms with van der Waals surface area (Å²) in [7, 11) is -1.94. The molecule has 0 amide bonds. The highest BCUT2D eigenvalue weighted by Crippen LogP contribution is 2.16. The van der Waals surface area contributed by atoms with Gasteiger partial charge in [0.05, 0.1) is 0 Å². The number of aryl methyl sites for hydroxylation is 1. The second kappa shape index (κ2) is 5.71. The van der Waals surface area contributed by atoms with E-state index in [9.17, 15) is 8.42 Å². The zero-order chi connectivity index (χ0) is 13.9. The van der Waals surface area contributed by atoms with Crippen molar-refractivity contribution < 1.29 is 8.42 Å². The minimum atomic E-state index is -3.58. The lowest BCUT2D eigenvalue weighted by molar-refractivity contribution is 0.485. The molecule has 7 heteroatoms. The van der Waals surface area contributed by atoms with E-state index in [1.807, 2.05) is 6.92 Å². The molecule has 1 unspecified atom stereocenters. The smallest absolute Gasteiger partial charge is 0.246 e. The van der Waals surface area contributed by atoms with Crippen LogP contribution < -0.4 is 10.5 Å². The molecular weight excluding hydrogens is 252 g/mol. The highest BCUT2D eigenvalue weighted by atomic mass is 32.2. The molecule has 0 aromatic carbocycles. The van der Waals surface area contributed by atoms with E-state index < -0.39 is 10.0 Å². The highest BCUT2D eigenvalue weighted by Gasteiger charge is 2.22. The van der Waals surface area contributed by atoms with Gasteiger partial charge >= 0.3 is 0 Å². The Hall–Kier alpha value is -1.08. The Balaban J connectivity index is 2.73. The summed E-state index contributed by atoms with van der Waals surface area (Å²) in [5, 5.41) is 3.83. The summed E-state index contributed by atoms with van der Waals surface area (Å²) >= 11 is 0. The molecule has 0 aliphatic rings. The summed E-state index contributed by atoms with van der Waals surface area (Å²) in [4.78, 5) is 0.0430. The Morgan fingerprint density at radius 1 is 1.39 bits per heavy atom. The van der Waals surface area contributed by atoms with E-state index in [0.29, 0.717) is 5.92 Å². The first-order chi connectivity index (χ1) is 8.22. The second-order valence-electron chi connectivity index (χ2n) is 5.05. The molecule has 0 fully saturated rings. The maximum Gasteiger partial charge on any atom is 0.246 e. The number of nitrogens with two attached hydrogens (primary N) is 1. The van der Waals surface area contributed by atoms with Crippen LogP contribution >= 0.6 is 0 Å². The number of anilines is 1. The number of nitrogens with zero attached hydrogens (tertiary/aromatic N) is 2. The van der Waals surface area contributed by atoms with Crippen molar-refractivity contribution in [1.82, 2.24) is 14.5 Å². The summed E-state index contributed by atoms with van der Waals surface area (Å²) in [6.07, 6.45) is 3.19. The van der Waals surface area contributed by atoms with Crippen molar-refractivity contribution in [2.75, 3.05) is 5.73 Å². The number of rotatable bonds is 6. The average molecular weight is 274 g/mol. The topological polar surface area (TPSA) is 90.0 Å². The van der Waals surface area contributed by atoms with Crippen LogP contribution in [0.25, 0.3) is 0 Å². The lowest BCUT2D eigenvalue weighted by Crippen LogP contribution is -2.33. The average Bonchev–Trinajstić information content (AvgIpc) is 2.55. The SMILES string of the molecule is CC(C)CCC(C)NS(=O)(=O)c1cn(C)nc1N. The van der Waals surface area contributed by atoms with Gasteiger partial charge in [-0.3, -0.25) is 4.68 Å². The standard InChI is InChI=1S/C11H22N4O2S/c1-8(2)5-6-9(3)14-18(16,17)10-7-15(4)13-11(10)12/h7-9,14H,5-6H2,1-4H3,(H2,12,13). The Kier molecular flexibility index (Phi) is 4.75. The Bertz CT molecular complexity index is 493. The molecule has 0 radical (unpaired) electrons. The first kappa shape index (κ1) is 15.0. The van der Waals surface area contributed by atoms with Crippen LogP contribution in [0, 0.1) is 5.92 Å². The molecule has 104 valence electrons. The molecule has 0 saturated carbocycles. The summed E-state index contributed by atoms with van der Waals surface area (Å²) in [5.41, 5.74) is 5.57. The summed E-state index contributed by atoms with van der Waals surface area (Å²) in [6, 6.07) is -0.114. The zero-order valence-electron chi connectivity index (χ0n) is 11.3. The fourth-order valence-corrected chi connectivity index (χ4v) is 3.04. The van der Waals surface area contributed by atoms with Crippen molar-refractivity contribution >= 4 is 15.8 Å². The van der Waals surface area contributed by atoms with Gasteiger partial charge in [-0.15, -0.1) is 0 Å². The van der Waals surface area contributed by atoms with Crippen molar-refractivity contribution in [2.45, 2.75) is 44.6 Å². The largest absolute Gasteiger partial charge is 0.381 e. The third kappa shape index (κ3) is 3.99. The fraction of sp³-hybridized carbons (Fsp3) is 0.727. The van der Waals surface area contributed by atoms with Crippen LogP contribution in [0.15, 0.2) is 11.1 Å². The van der Waals surface area contributed by atoms with Crippen molar-refractivity contribution in [2.24, 2.45) is 13.0 Å². The lowest BCUT2D eigenvalue weighted by atomic mass is 10.1. The summed E-state index contributed by atoms with van der Waals surface area (Å²) in [5.74, 6) is 0.585. The van der Waals surface area contributed by atoms with Crippen molar-refractivity contribution in [3.8, 4) is 0 Å². The number of nitrogen functional groups attached to an aromatic ring is 1. The highest BCUT2D eigenvalue weighted by molar-refractivity contribution is 7.89. The maximum absolute atomic E-state index is 12.1. The predicted octanol–water partition coefficient (Wildman–Crippen LogP) is 1.11. The Morgan fingerprint density at radius 2 is 2.00 bits per heavy atom. The molecule has 1 aromatic heterocycles. The summed E-state index contributed by atoms with van der Waals surface area (Å²) < 4.78 is 28.2. The number of sulfonamides is 1. The molecule has 0 spiro atoms. The third-order valence-corrected chi connectivity index (χ3v) is 4.25. The van der Waals surface area contributed by atoms with Crippen LogP contribution in [0.3, 0.4) is 0 Å². The van der Waals surface area contributed by atoms with Gasteiger partial charge in [-0.25, -0.2) is 13.1 Å². The number of nitrogens with one attached hydrogen (secondary N) is 1. The number of hydrogen-bond donors (Lipinski definition) is 2. The number of aromatic nitrogens is 2. The Labute approximate surface area is 109 Å². The van der Waals surface area contributed by atoms with E-state index in [2.05, 4.69) is 23.7 Å². The van der Waals surface area contributed by atoms with Gasteiger partial charge in [-0.05, 0) is 25.7 Å². The first-order valence-electron chi connectivity index (χ1n) is 6.04. The summed E-state index contributed by atoms with van der Waals surface area (Å²) in [6.45, 7) is 6.08. The molecule has 0 bridgehead atoms. The molecule has 3 N–H and O–H groups in total. The zero-order valence-corrected chi connectivity index (χ0v) is 12.2. The van der Waals surface area contributed by atoms with Crippen molar-refractivity contribution in [1.29, 1.82) is 0 Å². The van der Waals surface area contributed by atoms with E-state index >= 15 is 0 Å². The molecule has 1 heterocycles. The molecule has 1 rings (SSSR count). The molecule has 1 aromatic rings. The minimum absolute atomic E-state index is 0.0288. The van der Waals surface area contributed by atoms with Gasteiger partial charge in [0, 0.05) is 19.3 Å². The van der Waals surface area contributed by atoms with Crippen LogP contribution in [0.5, 0.6) is 0 Å². The fourth-order valence-electron chi connectivity index (χ4n) is 1.66. The van der Waals surface area contributed by atoms with Crippen LogP contribution in [0.1, 0.15) is 33.6 Å². The lowest BCUT2D eigenvalue weighted by Gasteiger charge is -2.14. The van der Waals surface area contributed by atoms with E-state index in [1.54, 1.807) is 7.05 Å². The van der Waals surface area contributed by atoms with Crippen molar-refractivity contribution in [3.63, 3.8) is 0 Å². The van der Waals surface area contributed by atoms with Gasteiger partial charge < -0.3 is 5.73 Å². The number of hydrogen-bond acceptors (Lipinski definition) is 4. The van der Waals surface area contributed by atoms with E-state index in [1.165, 1.54) is 10.9 Å². The van der Waals surface area contributed by atoms with Gasteiger partial charge in [0.2, 0.25) is 10.0 Å². The van der Waals surface area contributed by atoms with Gasteiger partial charge in [0.15, 0.2) is 5.82 Å². The van der Waals surface area contributed by atoms with E-state index in [-0.39, 0.29) is 16.8 Å². The van der Waals surface area contributed by atoms with E-state index in [0.717, 1.165) is 12.8 Å². The van der Waals surface area contributed by atoms with Crippen molar-refractivity contribution in [3.05, 3.63) is 6.20 Å². The van der Waals surface area contributed by atoms with Gasteiger partial charge in [0.1, 0.15) is 4.90 Å². The van der Waals surface area contributed by atoms with Crippen LogP contribution in [0.2, 0.25) is 0 Å². The first-order valence-corrected chi connectivity index (χ1v) is 7.52. The maximum atomic E-state index is 12.1. The molecule has 18 heavy (non-hydrogen) atoms. The molecule has 1 atom stereocenters. The van der Waals surface area contributed by atoms with Gasteiger partial charge in [0.25, 0.3) is 0 Å². The van der Waals surface area contributed by atoms with Crippen LogP contribution in [0.4, 0.5) is 5.82 Å². The third-order valence-electron chi connectivity index (χ3n) is 2.64. The van der Waals surface area contributed by atoms with Gasteiger partial charge in [-0.2, -0.15) is 5.10 Å². The van der Waals surface area contributed by atoms with E-state index in [4.69, 9.17) is 5.73 Å². The van der Waals surface area contributed by atoms with Gasteiger partial charge in [-0.1, -0.05) is 13.8 Å². The monoisotopic (exact) mass is 274 g/mol. The minimum Gasteiger partial charge on any atom is -0.381 e. The second-order valence-corrected chi connectivity index (χ2v) is 6.73. The molecule has 6 nitrogen and oxygen atoms in total. The quantitative estimate of drug-likeness (QED) is 0.813. The molecular formula is C11H22N4O2S. The predicted molar refractivity (Wildman–Crippen MR) is 71.5 cm³/mol. The molecule has 0 saturated heterocycles. The van der Waals surface area contributed by atoms with Crippen LogP contribution in [-0.2, 0) is 17.1 Å². The molecule has 0 aliphatic carbocycles. The molecule has 0 aliphatic heterocycles. The van der Waals surface area contributed by atoms with Crippen LogP contribution in [-0.4, -0.2) is 24.2 Å². The normalized spacial score (nSPS) is 14.1.